The smallest absolute Gasteiger partial charge is 0.163 e. The molecule has 5 nitrogen and oxygen atoms in total. The molecule has 0 aromatic heterocycles. The normalized spacial score (nSPS) is 10.9. The van der Waals surface area contributed by atoms with Crippen molar-refractivity contribution in [3.05, 3.63) is 56.5 Å². The number of rotatable bonds is 13. The maximum atomic E-state index is 8.74. The van der Waals surface area contributed by atoms with Gasteiger partial charge in [0.2, 0.25) is 0 Å². The van der Waals surface area contributed by atoms with Crippen LogP contribution in [-0.4, -0.2) is 38.0 Å². The molecule has 0 bridgehead atoms. The van der Waals surface area contributed by atoms with Crippen LogP contribution in [0.25, 0.3) is 0 Å². The molecule has 0 saturated carbocycles. The van der Waals surface area contributed by atoms with Gasteiger partial charge < -0.3 is 25.2 Å². The van der Waals surface area contributed by atoms with Crippen LogP contribution >= 0.6 is 34.8 Å². The second-order valence-electron chi connectivity index (χ2n) is 6.36. The topological polar surface area (TPSA) is 62.8 Å². The number of hydrogen-bond donors (Lipinski definition) is 3. The number of ether oxygens (including phenoxy) is 2. The lowest BCUT2D eigenvalue weighted by Gasteiger charge is -2.15. The zero-order valence-electron chi connectivity index (χ0n) is 16.4. The van der Waals surface area contributed by atoms with Crippen LogP contribution < -0.4 is 20.1 Å². The SMILES string of the molecule is CCOc1cc(CNCCCNCCO)c(Cl)cc1OCc1ccc(Cl)c(Cl)c1. The molecular formula is C21H27Cl3N2O3. The monoisotopic (exact) mass is 460 g/mol. The number of benzene rings is 2. The summed E-state index contributed by atoms with van der Waals surface area (Å²) in [6.45, 7) is 5.87. The molecule has 0 saturated heterocycles. The molecule has 0 unspecified atom stereocenters. The third-order valence-electron chi connectivity index (χ3n) is 4.10. The zero-order chi connectivity index (χ0) is 21.1. The van der Waals surface area contributed by atoms with E-state index in [4.69, 9.17) is 49.4 Å². The highest BCUT2D eigenvalue weighted by molar-refractivity contribution is 6.42. The molecule has 29 heavy (non-hydrogen) atoms. The van der Waals surface area contributed by atoms with Gasteiger partial charge in [0.25, 0.3) is 0 Å². The van der Waals surface area contributed by atoms with Gasteiger partial charge in [0.15, 0.2) is 11.5 Å². The summed E-state index contributed by atoms with van der Waals surface area (Å²) in [5, 5.41) is 16.9. The van der Waals surface area contributed by atoms with Gasteiger partial charge in [0.05, 0.1) is 23.3 Å². The number of halogens is 3. The van der Waals surface area contributed by atoms with E-state index in [9.17, 15) is 0 Å². The molecule has 0 aliphatic carbocycles. The van der Waals surface area contributed by atoms with E-state index >= 15 is 0 Å². The van der Waals surface area contributed by atoms with Crippen molar-refractivity contribution in [1.29, 1.82) is 0 Å². The van der Waals surface area contributed by atoms with E-state index in [1.54, 1.807) is 18.2 Å². The van der Waals surface area contributed by atoms with Crippen molar-refractivity contribution < 1.29 is 14.6 Å². The molecule has 3 N–H and O–H groups in total. The lowest BCUT2D eigenvalue weighted by molar-refractivity contribution is 0.269. The van der Waals surface area contributed by atoms with Crippen molar-refractivity contribution in [2.45, 2.75) is 26.5 Å². The van der Waals surface area contributed by atoms with Gasteiger partial charge in [-0.3, -0.25) is 0 Å². The van der Waals surface area contributed by atoms with E-state index in [0.717, 1.165) is 30.6 Å². The maximum Gasteiger partial charge on any atom is 0.163 e. The Morgan fingerprint density at radius 1 is 0.862 bits per heavy atom. The number of aliphatic hydroxyl groups is 1. The second-order valence-corrected chi connectivity index (χ2v) is 7.59. The number of hydrogen-bond acceptors (Lipinski definition) is 5. The van der Waals surface area contributed by atoms with Crippen molar-refractivity contribution in [3.63, 3.8) is 0 Å². The fourth-order valence-corrected chi connectivity index (χ4v) is 3.19. The van der Waals surface area contributed by atoms with Crippen molar-refractivity contribution in [2.75, 3.05) is 32.8 Å². The van der Waals surface area contributed by atoms with Crippen LogP contribution in [0.4, 0.5) is 0 Å². The van der Waals surface area contributed by atoms with Crippen LogP contribution in [-0.2, 0) is 13.2 Å². The third kappa shape index (κ3) is 8.21. The highest BCUT2D eigenvalue weighted by Crippen LogP contribution is 2.34. The summed E-state index contributed by atoms with van der Waals surface area (Å²) < 4.78 is 11.7. The van der Waals surface area contributed by atoms with Crippen LogP contribution in [0, 0.1) is 0 Å². The zero-order valence-corrected chi connectivity index (χ0v) is 18.7. The first-order chi connectivity index (χ1) is 14.0. The Morgan fingerprint density at radius 3 is 2.34 bits per heavy atom. The van der Waals surface area contributed by atoms with Gasteiger partial charge in [0.1, 0.15) is 6.61 Å². The molecule has 0 amide bonds. The van der Waals surface area contributed by atoms with E-state index in [1.807, 2.05) is 19.1 Å². The molecular weight excluding hydrogens is 435 g/mol. The molecule has 0 heterocycles. The third-order valence-corrected chi connectivity index (χ3v) is 5.19. The summed E-state index contributed by atoms with van der Waals surface area (Å²) in [7, 11) is 0. The predicted molar refractivity (Wildman–Crippen MR) is 120 cm³/mol. The molecule has 0 spiro atoms. The quantitative estimate of drug-likeness (QED) is 0.378. The summed E-state index contributed by atoms with van der Waals surface area (Å²) in [6, 6.07) is 9.08. The Morgan fingerprint density at radius 2 is 1.62 bits per heavy atom. The number of aliphatic hydroxyl groups excluding tert-OH is 1. The summed E-state index contributed by atoms with van der Waals surface area (Å²) in [4.78, 5) is 0. The minimum atomic E-state index is 0.155. The van der Waals surface area contributed by atoms with Crippen LogP contribution in [0.1, 0.15) is 24.5 Å². The molecule has 0 radical (unpaired) electrons. The first-order valence-corrected chi connectivity index (χ1v) is 10.7. The molecule has 8 heteroatoms. The fourth-order valence-electron chi connectivity index (χ4n) is 2.65. The van der Waals surface area contributed by atoms with Gasteiger partial charge in [0, 0.05) is 24.2 Å². The summed E-state index contributed by atoms with van der Waals surface area (Å²) in [5.41, 5.74) is 1.85. The molecule has 2 aromatic carbocycles. The average molecular weight is 462 g/mol. The van der Waals surface area contributed by atoms with E-state index < -0.39 is 0 Å². The van der Waals surface area contributed by atoms with Crippen LogP contribution in [0.15, 0.2) is 30.3 Å². The van der Waals surface area contributed by atoms with Crippen LogP contribution in [0.2, 0.25) is 15.1 Å². The Labute approximate surface area is 187 Å². The molecule has 0 aliphatic heterocycles. The first-order valence-electron chi connectivity index (χ1n) is 9.59. The minimum absolute atomic E-state index is 0.155. The lowest BCUT2D eigenvalue weighted by atomic mass is 10.2. The average Bonchev–Trinajstić information content (AvgIpc) is 2.70. The Balaban J connectivity index is 1.96. The van der Waals surface area contributed by atoms with Gasteiger partial charge >= 0.3 is 0 Å². The maximum absolute atomic E-state index is 8.74. The van der Waals surface area contributed by atoms with Gasteiger partial charge in [-0.25, -0.2) is 0 Å². The van der Waals surface area contributed by atoms with Crippen molar-refractivity contribution >= 4 is 34.8 Å². The van der Waals surface area contributed by atoms with E-state index in [2.05, 4.69) is 10.6 Å². The van der Waals surface area contributed by atoms with Crippen LogP contribution in [0.3, 0.4) is 0 Å². The highest BCUT2D eigenvalue weighted by Gasteiger charge is 2.12. The van der Waals surface area contributed by atoms with Crippen molar-refractivity contribution in [2.24, 2.45) is 0 Å². The molecule has 2 rings (SSSR count). The van der Waals surface area contributed by atoms with Crippen molar-refractivity contribution in [3.8, 4) is 11.5 Å². The molecule has 0 aliphatic rings. The predicted octanol–water partition coefficient (Wildman–Crippen LogP) is 4.69. The summed E-state index contributed by atoms with van der Waals surface area (Å²) in [6.07, 6.45) is 0.959. The van der Waals surface area contributed by atoms with E-state index in [1.165, 1.54) is 0 Å². The second kappa shape index (κ2) is 13.2. The van der Waals surface area contributed by atoms with Crippen molar-refractivity contribution in [1.82, 2.24) is 10.6 Å². The Hall–Kier alpha value is -1.21. The van der Waals surface area contributed by atoms with E-state index in [-0.39, 0.29) is 6.61 Å². The standard InChI is InChI=1S/C21H27Cl3N2O3/c1-2-28-20-11-16(13-26-7-3-6-25-8-9-27)18(23)12-21(20)29-14-15-4-5-17(22)19(24)10-15/h4-5,10-12,25-27H,2-3,6-9,13-14H2,1H3. The molecule has 0 atom stereocenters. The van der Waals surface area contributed by atoms with Gasteiger partial charge in [-0.1, -0.05) is 40.9 Å². The Kier molecular flexibility index (Phi) is 10.9. The Bertz CT molecular complexity index is 775. The lowest BCUT2D eigenvalue weighted by Crippen LogP contribution is -2.24. The molecule has 0 fully saturated rings. The van der Waals surface area contributed by atoms with Gasteiger partial charge in [-0.05, 0) is 55.8 Å². The largest absolute Gasteiger partial charge is 0.490 e. The van der Waals surface area contributed by atoms with Gasteiger partial charge in [-0.15, -0.1) is 0 Å². The molecule has 2 aromatic rings. The summed E-state index contributed by atoms with van der Waals surface area (Å²) >= 11 is 18.5. The van der Waals surface area contributed by atoms with E-state index in [0.29, 0.717) is 52.9 Å². The fraction of sp³-hybridized carbons (Fsp3) is 0.429. The minimum Gasteiger partial charge on any atom is -0.490 e. The summed E-state index contributed by atoms with van der Waals surface area (Å²) in [5.74, 6) is 1.23. The molecule has 160 valence electrons. The number of nitrogens with one attached hydrogen (secondary N) is 2. The van der Waals surface area contributed by atoms with Crippen LogP contribution in [0.5, 0.6) is 11.5 Å². The van der Waals surface area contributed by atoms with Gasteiger partial charge in [-0.2, -0.15) is 0 Å². The highest BCUT2D eigenvalue weighted by atomic mass is 35.5. The first kappa shape index (κ1) is 24.1.